The molecule has 0 aromatic rings. The maximum absolute atomic E-state index is 4.46. The smallest absolute Gasteiger partial charge is 0.0518 e. The minimum absolute atomic E-state index is 0.0304. The van der Waals surface area contributed by atoms with Gasteiger partial charge in [0.15, 0.2) is 0 Å². The Morgan fingerprint density at radius 1 is 1.36 bits per heavy atom. The van der Waals surface area contributed by atoms with E-state index >= 15 is 0 Å². The highest BCUT2D eigenvalue weighted by atomic mass is 32.2. The average molecular weight is 319 g/mol. The molecule has 0 saturated heterocycles. The molecule has 0 aromatic heterocycles. The van der Waals surface area contributed by atoms with E-state index in [4.69, 9.17) is 0 Å². The van der Waals surface area contributed by atoms with Crippen molar-refractivity contribution in [1.82, 2.24) is 5.32 Å². The molecule has 0 aliphatic heterocycles. The first kappa shape index (κ1) is 17.6. The number of thioether (sulfide) groups is 1. The molecule has 0 aromatic carbocycles. The normalized spacial score (nSPS) is 33.1. The molecule has 0 heterocycles. The summed E-state index contributed by atoms with van der Waals surface area (Å²) in [6.07, 6.45) is 10.1. The lowest BCUT2D eigenvalue weighted by molar-refractivity contribution is 0.309. The standard InChI is InChI=1S/C19H30N2S/c1-8-9-14-15-10-11-18(3,22-7)19(4,21-6)17(15)12-16(14)13(2)20-5/h8-9,21H,10-12H2,1-7H3/b9-8-,20-13+. The van der Waals surface area contributed by atoms with Crippen LogP contribution in [-0.2, 0) is 0 Å². The van der Waals surface area contributed by atoms with Crippen LogP contribution in [0.1, 0.15) is 47.0 Å². The van der Waals surface area contributed by atoms with Crippen molar-refractivity contribution in [2.24, 2.45) is 4.99 Å². The molecule has 2 aliphatic carbocycles. The molecule has 2 aliphatic rings. The Labute approximate surface area is 140 Å². The third-order valence-corrected chi connectivity index (χ3v) is 7.45. The largest absolute Gasteiger partial charge is 0.310 e. The van der Waals surface area contributed by atoms with E-state index in [9.17, 15) is 0 Å². The topological polar surface area (TPSA) is 24.4 Å². The third-order valence-electron chi connectivity index (χ3n) is 5.94. The summed E-state index contributed by atoms with van der Waals surface area (Å²) in [5.41, 5.74) is 7.17. The van der Waals surface area contributed by atoms with Gasteiger partial charge in [-0.2, -0.15) is 11.8 Å². The maximum atomic E-state index is 4.46. The van der Waals surface area contributed by atoms with E-state index in [1.807, 2.05) is 18.8 Å². The van der Waals surface area contributed by atoms with E-state index in [2.05, 4.69) is 63.5 Å². The van der Waals surface area contributed by atoms with Crippen molar-refractivity contribution in [2.45, 2.75) is 57.2 Å². The van der Waals surface area contributed by atoms with Gasteiger partial charge >= 0.3 is 0 Å². The van der Waals surface area contributed by atoms with Gasteiger partial charge in [0.05, 0.1) is 5.54 Å². The molecule has 0 saturated carbocycles. The Kier molecular flexibility index (Phi) is 5.08. The summed E-state index contributed by atoms with van der Waals surface area (Å²) in [6, 6.07) is 0. The zero-order valence-electron chi connectivity index (χ0n) is 15.1. The summed E-state index contributed by atoms with van der Waals surface area (Å²) >= 11 is 2.00. The second kappa shape index (κ2) is 6.37. The lowest BCUT2D eigenvalue weighted by Gasteiger charge is -2.50. The summed E-state index contributed by atoms with van der Waals surface area (Å²) in [4.78, 5) is 4.46. The van der Waals surface area contributed by atoms with Gasteiger partial charge in [0, 0.05) is 17.5 Å². The highest BCUT2D eigenvalue weighted by Crippen LogP contribution is 2.54. The first-order valence-corrected chi connectivity index (χ1v) is 9.37. The Hall–Kier alpha value is -0.800. The van der Waals surface area contributed by atoms with Gasteiger partial charge in [0.25, 0.3) is 0 Å². The van der Waals surface area contributed by atoms with E-state index in [1.54, 1.807) is 11.1 Å². The summed E-state index contributed by atoms with van der Waals surface area (Å²) in [5.74, 6) is 0. The van der Waals surface area contributed by atoms with Crippen molar-refractivity contribution in [3.63, 3.8) is 0 Å². The number of nitrogens with one attached hydrogen (secondary N) is 1. The molecule has 2 atom stereocenters. The van der Waals surface area contributed by atoms with Crippen LogP contribution in [0.2, 0.25) is 0 Å². The maximum Gasteiger partial charge on any atom is 0.0518 e. The van der Waals surface area contributed by atoms with Crippen LogP contribution in [0, 0.1) is 0 Å². The summed E-state index contributed by atoms with van der Waals surface area (Å²) in [5, 5.41) is 3.66. The number of nitrogens with zero attached hydrogens (tertiary/aromatic N) is 1. The lowest BCUT2D eigenvalue weighted by Crippen LogP contribution is -2.59. The molecule has 0 spiro atoms. The molecule has 0 fully saturated rings. The Bertz CT molecular complexity index is 582. The molecule has 0 bridgehead atoms. The van der Waals surface area contributed by atoms with Crippen molar-refractivity contribution in [2.75, 3.05) is 20.4 Å². The predicted octanol–water partition coefficient (Wildman–Crippen LogP) is 4.54. The number of allylic oxidation sites excluding steroid dienone is 5. The van der Waals surface area contributed by atoms with Crippen molar-refractivity contribution in [3.8, 4) is 0 Å². The van der Waals surface area contributed by atoms with Gasteiger partial charge < -0.3 is 5.32 Å². The lowest BCUT2D eigenvalue weighted by atomic mass is 9.70. The average Bonchev–Trinajstić information content (AvgIpc) is 2.90. The number of rotatable bonds is 4. The van der Waals surface area contributed by atoms with E-state index < -0.39 is 0 Å². The SMILES string of the molecule is C/C=C\C1=C(C(/C)=N/C)CC2=C1CCC(C)(SC)C2(C)NC. The minimum atomic E-state index is 0.0304. The molecule has 0 radical (unpaired) electrons. The molecule has 122 valence electrons. The van der Waals surface area contributed by atoms with Crippen LogP contribution >= 0.6 is 11.8 Å². The van der Waals surface area contributed by atoms with Crippen LogP contribution in [-0.4, -0.2) is 36.3 Å². The van der Waals surface area contributed by atoms with Gasteiger partial charge in [-0.3, -0.25) is 4.99 Å². The zero-order valence-corrected chi connectivity index (χ0v) is 15.9. The number of hydrogen-bond donors (Lipinski definition) is 1. The molecule has 2 nitrogen and oxygen atoms in total. The second-order valence-corrected chi connectivity index (χ2v) is 7.95. The van der Waals surface area contributed by atoms with Crippen molar-refractivity contribution in [3.05, 3.63) is 34.4 Å². The van der Waals surface area contributed by atoms with Gasteiger partial charge in [-0.25, -0.2) is 0 Å². The van der Waals surface area contributed by atoms with Crippen molar-refractivity contribution < 1.29 is 0 Å². The second-order valence-electron chi connectivity index (χ2n) is 6.65. The Morgan fingerprint density at radius 2 is 2.05 bits per heavy atom. The quantitative estimate of drug-likeness (QED) is 0.769. The van der Waals surface area contributed by atoms with Gasteiger partial charge in [-0.1, -0.05) is 12.2 Å². The predicted molar refractivity (Wildman–Crippen MR) is 101 cm³/mol. The van der Waals surface area contributed by atoms with Crippen molar-refractivity contribution in [1.29, 1.82) is 0 Å². The van der Waals surface area contributed by atoms with Gasteiger partial charge in [-0.15, -0.1) is 0 Å². The van der Waals surface area contributed by atoms with E-state index in [-0.39, 0.29) is 10.3 Å². The fourth-order valence-electron chi connectivity index (χ4n) is 3.97. The molecular formula is C19H30N2S. The fourth-order valence-corrected chi connectivity index (χ4v) is 4.91. The first-order valence-electron chi connectivity index (χ1n) is 8.15. The monoisotopic (exact) mass is 318 g/mol. The Balaban J connectivity index is 2.59. The van der Waals surface area contributed by atoms with Crippen LogP contribution in [0.4, 0.5) is 0 Å². The van der Waals surface area contributed by atoms with Crippen LogP contribution < -0.4 is 5.32 Å². The van der Waals surface area contributed by atoms with Crippen LogP contribution in [0.5, 0.6) is 0 Å². The number of aliphatic imine (C=N–C) groups is 1. The zero-order chi connectivity index (χ0) is 16.5. The summed E-state index contributed by atoms with van der Waals surface area (Å²) < 4.78 is 0.230. The summed E-state index contributed by atoms with van der Waals surface area (Å²) in [7, 11) is 4.01. The molecule has 22 heavy (non-hydrogen) atoms. The number of likely N-dealkylation sites (N-methyl/N-ethyl adjacent to an activating group) is 1. The van der Waals surface area contributed by atoms with Crippen LogP contribution in [0.15, 0.2) is 39.4 Å². The van der Waals surface area contributed by atoms with Crippen LogP contribution in [0.3, 0.4) is 0 Å². The first-order chi connectivity index (χ1) is 10.4. The van der Waals surface area contributed by atoms with E-state index in [1.165, 1.54) is 29.7 Å². The van der Waals surface area contributed by atoms with Crippen molar-refractivity contribution >= 4 is 17.5 Å². The highest BCUT2D eigenvalue weighted by molar-refractivity contribution is 8.00. The third kappa shape index (κ3) is 2.43. The molecule has 3 heteroatoms. The van der Waals surface area contributed by atoms with E-state index in [0.717, 1.165) is 6.42 Å². The van der Waals surface area contributed by atoms with Crippen LogP contribution in [0.25, 0.3) is 0 Å². The molecular weight excluding hydrogens is 288 g/mol. The summed E-state index contributed by atoms with van der Waals surface area (Å²) in [6.45, 7) is 9.04. The molecule has 0 amide bonds. The molecule has 2 unspecified atom stereocenters. The highest BCUT2D eigenvalue weighted by Gasteiger charge is 2.51. The number of hydrogen-bond acceptors (Lipinski definition) is 3. The van der Waals surface area contributed by atoms with Gasteiger partial charge in [0.1, 0.15) is 0 Å². The van der Waals surface area contributed by atoms with Gasteiger partial charge in [-0.05, 0) is 82.6 Å². The fraction of sp³-hybridized carbons (Fsp3) is 0.632. The van der Waals surface area contributed by atoms with Gasteiger partial charge in [0.2, 0.25) is 0 Å². The molecule has 1 N–H and O–H groups in total. The minimum Gasteiger partial charge on any atom is -0.310 e. The van der Waals surface area contributed by atoms with E-state index in [0.29, 0.717) is 0 Å². The molecule has 2 rings (SSSR count). The Morgan fingerprint density at radius 3 is 2.55 bits per heavy atom.